The number of hydrogen-bond donors (Lipinski definition) is 1. The van der Waals surface area contributed by atoms with Crippen molar-refractivity contribution in [2.75, 3.05) is 7.11 Å². The van der Waals surface area contributed by atoms with Crippen LogP contribution in [0.4, 0.5) is 0 Å². The summed E-state index contributed by atoms with van der Waals surface area (Å²) in [5.41, 5.74) is 1.20. The fourth-order valence-corrected chi connectivity index (χ4v) is 2.17. The van der Waals surface area contributed by atoms with Crippen molar-refractivity contribution in [1.29, 1.82) is 0 Å². The molecule has 0 saturated heterocycles. The van der Waals surface area contributed by atoms with Crippen LogP contribution >= 0.6 is 22.6 Å². The van der Waals surface area contributed by atoms with Gasteiger partial charge in [0.25, 0.3) is 0 Å². The summed E-state index contributed by atoms with van der Waals surface area (Å²) >= 11 is 2.10. The largest absolute Gasteiger partial charge is 0.507 e. The molecular weight excluding hydrogens is 367 g/mol. The molecule has 2 aromatic carbocycles. The van der Waals surface area contributed by atoms with E-state index in [4.69, 9.17) is 4.74 Å². The van der Waals surface area contributed by atoms with Gasteiger partial charge < -0.3 is 9.84 Å². The van der Waals surface area contributed by atoms with Crippen molar-refractivity contribution in [1.82, 2.24) is 0 Å². The number of halogens is 1. The molecule has 0 aliphatic heterocycles. The molecule has 0 heterocycles. The number of phenols is 1. The fourth-order valence-electron chi connectivity index (χ4n) is 1.68. The van der Waals surface area contributed by atoms with Crippen LogP contribution < -0.4 is 4.74 Å². The third-order valence-corrected chi connectivity index (χ3v) is 3.44. The highest BCUT2D eigenvalue weighted by Crippen LogP contribution is 2.21. The van der Waals surface area contributed by atoms with Gasteiger partial charge in [-0.25, -0.2) is 0 Å². The number of hydrogen-bond acceptors (Lipinski definition) is 3. The van der Waals surface area contributed by atoms with Gasteiger partial charge in [-0.1, -0.05) is 18.2 Å². The molecule has 0 saturated carbocycles. The molecular formula is C16H13IO3. The lowest BCUT2D eigenvalue weighted by atomic mass is 10.1. The maximum Gasteiger partial charge on any atom is 0.189 e. The minimum atomic E-state index is -0.225. The number of ketones is 1. The SMILES string of the molecule is COc1ccc(C=CC(=O)c2cc(I)ccc2O)cc1. The number of aromatic hydroxyl groups is 1. The molecule has 4 heteroatoms. The van der Waals surface area contributed by atoms with Crippen LogP contribution in [0.2, 0.25) is 0 Å². The maximum absolute atomic E-state index is 12.0. The second-order valence-electron chi connectivity index (χ2n) is 4.13. The van der Waals surface area contributed by atoms with E-state index in [0.29, 0.717) is 5.56 Å². The van der Waals surface area contributed by atoms with Crippen LogP contribution in [-0.2, 0) is 0 Å². The first kappa shape index (κ1) is 14.6. The number of allylic oxidation sites excluding steroid dienone is 1. The molecule has 0 aliphatic rings. The Hall–Kier alpha value is -1.82. The Balaban J connectivity index is 2.17. The van der Waals surface area contributed by atoms with Crippen LogP contribution in [0, 0.1) is 3.57 Å². The van der Waals surface area contributed by atoms with Crippen molar-refractivity contribution in [2.24, 2.45) is 0 Å². The van der Waals surface area contributed by atoms with Crippen LogP contribution in [0.15, 0.2) is 48.5 Å². The molecule has 2 aromatic rings. The predicted octanol–water partition coefficient (Wildman–Crippen LogP) is 3.90. The maximum atomic E-state index is 12.0. The summed E-state index contributed by atoms with van der Waals surface area (Å²) in [5, 5.41) is 9.70. The molecule has 1 N–H and O–H groups in total. The first-order chi connectivity index (χ1) is 9.60. The van der Waals surface area contributed by atoms with Gasteiger partial charge >= 0.3 is 0 Å². The molecule has 0 atom stereocenters. The Kier molecular flexibility index (Phi) is 4.79. The molecule has 3 nitrogen and oxygen atoms in total. The van der Waals surface area contributed by atoms with E-state index in [1.54, 1.807) is 25.3 Å². The summed E-state index contributed by atoms with van der Waals surface area (Å²) in [6.07, 6.45) is 3.16. The van der Waals surface area contributed by atoms with Crippen LogP contribution in [0.5, 0.6) is 11.5 Å². The standard InChI is InChI=1S/C16H13IO3/c1-20-13-6-2-11(3-7-13)4-8-15(18)14-10-12(17)5-9-16(14)19/h2-10,19H,1H3. The lowest BCUT2D eigenvalue weighted by molar-refractivity contribution is 0.104. The number of benzene rings is 2. The van der Waals surface area contributed by atoms with Crippen molar-refractivity contribution >= 4 is 34.5 Å². The van der Waals surface area contributed by atoms with Crippen molar-refractivity contribution in [3.63, 3.8) is 0 Å². The lowest BCUT2D eigenvalue weighted by Crippen LogP contribution is -1.95. The van der Waals surface area contributed by atoms with Crippen molar-refractivity contribution in [3.8, 4) is 11.5 Å². The summed E-state index contributed by atoms with van der Waals surface area (Å²) in [6, 6.07) is 12.3. The van der Waals surface area contributed by atoms with E-state index in [9.17, 15) is 9.90 Å². The van der Waals surface area contributed by atoms with Gasteiger partial charge in [-0.15, -0.1) is 0 Å². The number of ether oxygens (including phenoxy) is 1. The summed E-state index contributed by atoms with van der Waals surface area (Å²) in [4.78, 5) is 12.0. The van der Waals surface area contributed by atoms with Gasteiger partial charge in [-0.2, -0.15) is 0 Å². The second-order valence-corrected chi connectivity index (χ2v) is 5.38. The topological polar surface area (TPSA) is 46.5 Å². The van der Waals surface area contributed by atoms with Crippen molar-refractivity contribution in [3.05, 3.63) is 63.2 Å². The molecule has 0 bridgehead atoms. The summed E-state index contributed by atoms with van der Waals surface area (Å²) in [5.74, 6) is 0.537. The minimum absolute atomic E-state index is 0.00482. The Morgan fingerprint density at radius 3 is 2.55 bits per heavy atom. The molecule has 2 rings (SSSR count). The normalized spacial score (nSPS) is 10.7. The zero-order chi connectivity index (χ0) is 14.5. The Bertz CT molecular complexity index is 645. The Morgan fingerprint density at radius 1 is 1.20 bits per heavy atom. The molecule has 20 heavy (non-hydrogen) atoms. The van der Waals surface area contributed by atoms with Crippen LogP contribution in [0.1, 0.15) is 15.9 Å². The van der Waals surface area contributed by atoms with Gasteiger partial charge in [0.1, 0.15) is 11.5 Å². The zero-order valence-electron chi connectivity index (χ0n) is 10.8. The highest BCUT2D eigenvalue weighted by atomic mass is 127. The summed E-state index contributed by atoms with van der Waals surface area (Å²) in [7, 11) is 1.61. The van der Waals surface area contributed by atoms with Gasteiger partial charge in [0.15, 0.2) is 5.78 Å². The smallest absolute Gasteiger partial charge is 0.189 e. The zero-order valence-corrected chi connectivity index (χ0v) is 13.0. The third-order valence-electron chi connectivity index (χ3n) is 2.77. The quantitative estimate of drug-likeness (QED) is 0.497. The minimum Gasteiger partial charge on any atom is -0.507 e. The second kappa shape index (κ2) is 6.56. The Labute approximate surface area is 131 Å². The molecule has 0 aliphatic carbocycles. The molecule has 0 unspecified atom stereocenters. The number of carbonyl (C=O) groups excluding carboxylic acids is 1. The van der Waals surface area contributed by atoms with E-state index in [2.05, 4.69) is 22.6 Å². The van der Waals surface area contributed by atoms with E-state index < -0.39 is 0 Å². The molecule has 102 valence electrons. The van der Waals surface area contributed by atoms with Crippen LogP contribution in [0.25, 0.3) is 6.08 Å². The highest BCUT2D eigenvalue weighted by Gasteiger charge is 2.08. The number of rotatable bonds is 4. The lowest BCUT2D eigenvalue weighted by Gasteiger charge is -2.01. The first-order valence-electron chi connectivity index (χ1n) is 5.95. The first-order valence-corrected chi connectivity index (χ1v) is 7.03. The average molecular weight is 380 g/mol. The monoisotopic (exact) mass is 380 g/mol. The summed E-state index contributed by atoms with van der Waals surface area (Å²) < 4.78 is 5.97. The number of phenolic OH excluding ortho intramolecular Hbond substituents is 1. The van der Waals surface area contributed by atoms with Crippen molar-refractivity contribution in [2.45, 2.75) is 0 Å². The molecule has 0 aromatic heterocycles. The van der Waals surface area contributed by atoms with Crippen LogP contribution in [-0.4, -0.2) is 18.0 Å². The van der Waals surface area contributed by atoms with E-state index in [-0.39, 0.29) is 11.5 Å². The third kappa shape index (κ3) is 3.60. The number of methoxy groups -OCH3 is 1. The van der Waals surface area contributed by atoms with E-state index in [1.165, 1.54) is 12.1 Å². The number of carbonyl (C=O) groups is 1. The molecule has 0 spiro atoms. The van der Waals surface area contributed by atoms with E-state index in [0.717, 1.165) is 14.9 Å². The van der Waals surface area contributed by atoms with Gasteiger partial charge in [-0.05, 0) is 64.6 Å². The van der Waals surface area contributed by atoms with Gasteiger partial charge in [-0.3, -0.25) is 4.79 Å². The van der Waals surface area contributed by atoms with Gasteiger partial charge in [0.05, 0.1) is 12.7 Å². The van der Waals surface area contributed by atoms with E-state index in [1.807, 2.05) is 24.3 Å². The van der Waals surface area contributed by atoms with E-state index >= 15 is 0 Å². The predicted molar refractivity (Wildman–Crippen MR) is 87.2 cm³/mol. The Morgan fingerprint density at radius 2 is 1.90 bits per heavy atom. The average Bonchev–Trinajstić information content (AvgIpc) is 2.47. The summed E-state index contributed by atoms with van der Waals surface area (Å²) in [6.45, 7) is 0. The van der Waals surface area contributed by atoms with Gasteiger partial charge in [0, 0.05) is 3.57 Å². The highest BCUT2D eigenvalue weighted by molar-refractivity contribution is 14.1. The fraction of sp³-hybridized carbons (Fsp3) is 0.0625. The van der Waals surface area contributed by atoms with Crippen LogP contribution in [0.3, 0.4) is 0 Å². The molecule has 0 fully saturated rings. The van der Waals surface area contributed by atoms with Gasteiger partial charge in [0.2, 0.25) is 0 Å². The molecule has 0 radical (unpaired) electrons. The van der Waals surface area contributed by atoms with Crippen molar-refractivity contribution < 1.29 is 14.6 Å². The molecule has 0 amide bonds.